The molecule has 0 saturated carbocycles. The normalized spacial score (nSPS) is 15.9. The molecule has 1 N–H and O–H groups in total. The van der Waals surface area contributed by atoms with Gasteiger partial charge in [-0.2, -0.15) is 5.10 Å². The monoisotopic (exact) mass is 392 g/mol. The molecule has 4 rings (SSSR count). The summed E-state index contributed by atoms with van der Waals surface area (Å²) in [6.07, 6.45) is 5.61. The van der Waals surface area contributed by atoms with E-state index in [-0.39, 0.29) is 23.1 Å². The molecule has 3 aromatic rings. The van der Waals surface area contributed by atoms with Gasteiger partial charge in [-0.1, -0.05) is 30.3 Å². The number of anilines is 2. The van der Waals surface area contributed by atoms with Gasteiger partial charge in [-0.3, -0.25) is 19.6 Å². The van der Waals surface area contributed by atoms with Gasteiger partial charge in [0.15, 0.2) is 5.78 Å². The third-order valence-corrected chi connectivity index (χ3v) is 4.82. The van der Waals surface area contributed by atoms with Gasteiger partial charge in [-0.05, 0) is 25.0 Å². The zero-order chi connectivity index (χ0) is 20.2. The van der Waals surface area contributed by atoms with Crippen molar-refractivity contribution in [2.24, 2.45) is 0 Å². The van der Waals surface area contributed by atoms with Gasteiger partial charge in [-0.15, -0.1) is 0 Å². The molecular weight excluding hydrogens is 372 g/mol. The molecule has 0 spiro atoms. The van der Waals surface area contributed by atoms with Crippen molar-refractivity contribution < 1.29 is 14.5 Å². The van der Waals surface area contributed by atoms with E-state index < -0.39 is 4.92 Å². The molecule has 2 aromatic carbocycles. The van der Waals surface area contributed by atoms with Gasteiger partial charge in [0.1, 0.15) is 5.69 Å². The molecule has 148 valence electrons. The van der Waals surface area contributed by atoms with E-state index in [0.29, 0.717) is 23.5 Å². The van der Waals surface area contributed by atoms with E-state index in [1.54, 1.807) is 53.5 Å². The minimum atomic E-state index is -0.499. The number of aromatic nitrogens is 2. The SMILES string of the molecule is O=C(c1ccccc1)c1ccc(Nc2cnn(C[C@H]3CCCO3)c2)c([N+](=O)[O-])c1. The number of hydrogen-bond acceptors (Lipinski definition) is 6. The predicted octanol–water partition coefficient (Wildman–Crippen LogP) is 3.94. The third-order valence-electron chi connectivity index (χ3n) is 4.82. The highest BCUT2D eigenvalue weighted by atomic mass is 16.6. The van der Waals surface area contributed by atoms with Crippen molar-refractivity contribution in [3.63, 3.8) is 0 Å². The fraction of sp³-hybridized carbons (Fsp3) is 0.238. The quantitative estimate of drug-likeness (QED) is 0.371. The van der Waals surface area contributed by atoms with Crippen molar-refractivity contribution in [2.45, 2.75) is 25.5 Å². The van der Waals surface area contributed by atoms with Crippen LogP contribution >= 0.6 is 0 Å². The van der Waals surface area contributed by atoms with Gasteiger partial charge in [0.05, 0.1) is 29.5 Å². The molecular formula is C21H20N4O4. The summed E-state index contributed by atoms with van der Waals surface area (Å²) in [5, 5.41) is 18.9. The number of benzene rings is 2. The number of carbonyl (C=O) groups excluding carboxylic acids is 1. The molecule has 1 fully saturated rings. The first-order chi connectivity index (χ1) is 14.1. The number of ether oxygens (including phenoxy) is 1. The Hall–Kier alpha value is -3.52. The van der Waals surface area contributed by atoms with Gasteiger partial charge in [0.2, 0.25) is 0 Å². The second kappa shape index (κ2) is 8.24. The van der Waals surface area contributed by atoms with Crippen LogP contribution in [0.3, 0.4) is 0 Å². The van der Waals surface area contributed by atoms with Crippen molar-refractivity contribution in [1.82, 2.24) is 9.78 Å². The van der Waals surface area contributed by atoms with Crippen LogP contribution in [-0.2, 0) is 11.3 Å². The van der Waals surface area contributed by atoms with Gasteiger partial charge in [0, 0.05) is 30.0 Å². The molecule has 8 heteroatoms. The Bertz CT molecular complexity index is 1030. The van der Waals surface area contributed by atoms with Gasteiger partial charge >= 0.3 is 0 Å². The van der Waals surface area contributed by atoms with Crippen LogP contribution in [0.25, 0.3) is 0 Å². The number of nitrogens with one attached hydrogen (secondary N) is 1. The number of hydrogen-bond donors (Lipinski definition) is 1. The number of ketones is 1. The van der Waals surface area contributed by atoms with E-state index in [9.17, 15) is 14.9 Å². The highest BCUT2D eigenvalue weighted by Gasteiger charge is 2.20. The first kappa shape index (κ1) is 18.8. The average molecular weight is 392 g/mol. The Morgan fingerprint density at radius 3 is 2.79 bits per heavy atom. The standard InChI is InChI=1S/C21H20N4O4/c26-21(15-5-2-1-3-6-15)16-8-9-19(20(11-16)25(27)28)23-17-12-22-24(13-17)14-18-7-4-10-29-18/h1-3,5-6,8-9,11-13,18,23H,4,7,10,14H2/t18-/m1/s1. The van der Waals surface area contributed by atoms with Crippen LogP contribution in [0.2, 0.25) is 0 Å². The van der Waals surface area contributed by atoms with Crippen LogP contribution in [0.1, 0.15) is 28.8 Å². The van der Waals surface area contributed by atoms with Gasteiger partial charge in [-0.25, -0.2) is 0 Å². The Balaban J connectivity index is 1.54. The molecule has 8 nitrogen and oxygen atoms in total. The molecule has 1 atom stereocenters. The highest BCUT2D eigenvalue weighted by molar-refractivity contribution is 6.09. The summed E-state index contributed by atoms with van der Waals surface area (Å²) >= 11 is 0. The van der Waals surface area contributed by atoms with Crippen molar-refractivity contribution in [2.75, 3.05) is 11.9 Å². The van der Waals surface area contributed by atoms with E-state index >= 15 is 0 Å². The topological polar surface area (TPSA) is 99.3 Å². The molecule has 1 aliphatic heterocycles. The molecule has 0 radical (unpaired) electrons. The smallest absolute Gasteiger partial charge is 0.293 e. The summed E-state index contributed by atoms with van der Waals surface area (Å²) in [5.41, 5.74) is 1.52. The van der Waals surface area contributed by atoms with Crippen LogP contribution in [0, 0.1) is 10.1 Å². The molecule has 1 aliphatic rings. The molecule has 0 unspecified atom stereocenters. The minimum absolute atomic E-state index is 0.153. The van der Waals surface area contributed by atoms with E-state index in [2.05, 4.69) is 10.4 Å². The Labute approximate surface area is 167 Å². The number of carbonyl (C=O) groups is 1. The molecule has 1 saturated heterocycles. The molecule has 0 amide bonds. The van der Waals surface area contributed by atoms with Crippen molar-refractivity contribution >= 4 is 22.8 Å². The summed E-state index contributed by atoms with van der Waals surface area (Å²) < 4.78 is 7.37. The largest absolute Gasteiger partial charge is 0.376 e. The minimum Gasteiger partial charge on any atom is -0.376 e. The number of nitro groups is 1. The van der Waals surface area contributed by atoms with Crippen LogP contribution in [0.5, 0.6) is 0 Å². The summed E-state index contributed by atoms with van der Waals surface area (Å²) in [6, 6.07) is 13.1. The maximum Gasteiger partial charge on any atom is 0.293 e. The summed E-state index contributed by atoms with van der Waals surface area (Å²) in [6.45, 7) is 1.42. The lowest BCUT2D eigenvalue weighted by molar-refractivity contribution is -0.383. The predicted molar refractivity (Wildman–Crippen MR) is 107 cm³/mol. The summed E-state index contributed by atoms with van der Waals surface area (Å²) in [5.74, 6) is -0.260. The summed E-state index contributed by atoms with van der Waals surface area (Å²) in [7, 11) is 0. The summed E-state index contributed by atoms with van der Waals surface area (Å²) in [4.78, 5) is 23.7. The maximum absolute atomic E-state index is 12.6. The average Bonchev–Trinajstić information content (AvgIpc) is 3.41. The number of rotatable bonds is 7. The third kappa shape index (κ3) is 4.33. The van der Waals surface area contributed by atoms with E-state index in [0.717, 1.165) is 19.4 Å². The second-order valence-electron chi connectivity index (χ2n) is 6.90. The molecule has 29 heavy (non-hydrogen) atoms. The zero-order valence-electron chi connectivity index (χ0n) is 15.7. The maximum atomic E-state index is 12.6. The molecule has 2 heterocycles. The lowest BCUT2D eigenvalue weighted by Gasteiger charge is -2.09. The fourth-order valence-electron chi connectivity index (χ4n) is 3.37. The fourth-order valence-corrected chi connectivity index (χ4v) is 3.37. The van der Waals surface area contributed by atoms with Crippen molar-refractivity contribution in [1.29, 1.82) is 0 Å². The van der Waals surface area contributed by atoms with Crippen LogP contribution in [-0.4, -0.2) is 33.2 Å². The van der Waals surface area contributed by atoms with E-state index in [4.69, 9.17) is 4.74 Å². The second-order valence-corrected chi connectivity index (χ2v) is 6.90. The lowest BCUT2D eigenvalue weighted by atomic mass is 10.0. The van der Waals surface area contributed by atoms with Crippen LogP contribution < -0.4 is 5.32 Å². The highest BCUT2D eigenvalue weighted by Crippen LogP contribution is 2.29. The Morgan fingerprint density at radius 2 is 2.07 bits per heavy atom. The van der Waals surface area contributed by atoms with Gasteiger partial charge in [0.25, 0.3) is 5.69 Å². The van der Waals surface area contributed by atoms with E-state index in [1.165, 1.54) is 6.07 Å². The first-order valence-corrected chi connectivity index (χ1v) is 9.39. The van der Waals surface area contributed by atoms with Crippen molar-refractivity contribution in [3.8, 4) is 0 Å². The Kier molecular flexibility index (Phi) is 5.35. The number of nitrogens with zero attached hydrogens (tertiary/aromatic N) is 3. The number of nitro benzene ring substituents is 1. The van der Waals surface area contributed by atoms with Crippen LogP contribution in [0.15, 0.2) is 60.9 Å². The van der Waals surface area contributed by atoms with E-state index in [1.807, 2.05) is 6.07 Å². The molecule has 1 aromatic heterocycles. The molecule has 0 bridgehead atoms. The van der Waals surface area contributed by atoms with Crippen molar-refractivity contribution in [3.05, 3.63) is 82.2 Å². The van der Waals surface area contributed by atoms with Gasteiger partial charge < -0.3 is 10.1 Å². The zero-order valence-corrected chi connectivity index (χ0v) is 15.7. The molecule has 0 aliphatic carbocycles. The Morgan fingerprint density at radius 1 is 1.24 bits per heavy atom. The van der Waals surface area contributed by atoms with Crippen LogP contribution in [0.4, 0.5) is 17.1 Å². The lowest BCUT2D eigenvalue weighted by Crippen LogP contribution is -2.15. The first-order valence-electron chi connectivity index (χ1n) is 9.39.